The van der Waals surface area contributed by atoms with E-state index in [9.17, 15) is 0 Å². The summed E-state index contributed by atoms with van der Waals surface area (Å²) in [7, 11) is 0. The van der Waals surface area contributed by atoms with Crippen LogP contribution in [0.25, 0.3) is 0 Å². The van der Waals surface area contributed by atoms with Crippen LogP contribution in [-0.2, 0) is 17.1 Å². The molecule has 4 unspecified atom stereocenters. The fraction of sp³-hybridized carbons (Fsp3) is 0.692. The fourth-order valence-electron chi connectivity index (χ4n) is 5.11. The second kappa shape index (κ2) is 7.78. The molecule has 2 aliphatic rings. The third kappa shape index (κ3) is 4.29. The Hall–Kier alpha value is -0.417. The molecule has 0 aliphatic heterocycles. The van der Waals surface area contributed by atoms with Crippen molar-refractivity contribution in [3.8, 4) is 0 Å². The van der Waals surface area contributed by atoms with Gasteiger partial charge in [0.25, 0.3) is 0 Å². The molecular formula is C26H42Zn. The van der Waals surface area contributed by atoms with Crippen LogP contribution in [0.2, 0.25) is 8.02 Å². The van der Waals surface area contributed by atoms with E-state index in [1.54, 1.807) is 11.1 Å². The maximum absolute atomic E-state index is 2.66. The molecule has 4 atom stereocenters. The van der Waals surface area contributed by atoms with Gasteiger partial charge in [-0.05, 0) is 0 Å². The van der Waals surface area contributed by atoms with Gasteiger partial charge in [0.1, 0.15) is 0 Å². The van der Waals surface area contributed by atoms with E-state index in [-0.39, 0.29) is 0 Å². The first kappa shape index (κ1) is 22.9. The van der Waals surface area contributed by atoms with Gasteiger partial charge in [0, 0.05) is 0 Å². The Morgan fingerprint density at radius 3 is 1.37 bits per heavy atom. The summed E-state index contributed by atoms with van der Waals surface area (Å²) < 4.78 is 0.665. The molecule has 148 valence electrons. The monoisotopic (exact) mass is 418 g/mol. The first-order valence-corrected chi connectivity index (χ1v) is 14.2. The van der Waals surface area contributed by atoms with Gasteiger partial charge in [-0.1, -0.05) is 0 Å². The molecule has 27 heavy (non-hydrogen) atoms. The maximum atomic E-state index is 2.66. The first-order chi connectivity index (χ1) is 12.3. The van der Waals surface area contributed by atoms with E-state index in [1.807, 2.05) is 0 Å². The van der Waals surface area contributed by atoms with Crippen LogP contribution >= 0.6 is 0 Å². The molecule has 0 aromatic heterocycles. The van der Waals surface area contributed by atoms with Crippen molar-refractivity contribution in [3.63, 3.8) is 0 Å². The molecule has 2 rings (SSSR count). The van der Waals surface area contributed by atoms with Crippen LogP contribution < -0.4 is 0 Å². The molecule has 1 heteroatoms. The van der Waals surface area contributed by atoms with Gasteiger partial charge in [0.15, 0.2) is 0 Å². The third-order valence-electron chi connectivity index (χ3n) is 8.36. The molecule has 0 heterocycles. The first-order valence-electron chi connectivity index (χ1n) is 11.2. The second-order valence-electron chi connectivity index (χ2n) is 10.9. The molecule has 0 N–H and O–H groups in total. The molecule has 0 spiro atoms. The predicted octanol–water partition coefficient (Wildman–Crippen LogP) is 8.56. The molecule has 0 bridgehead atoms. The molecule has 0 saturated heterocycles. The summed E-state index contributed by atoms with van der Waals surface area (Å²) in [5, 5.41) is 0. The molecule has 0 aromatic carbocycles. The Kier molecular flexibility index (Phi) is 6.59. The molecule has 0 amide bonds. The zero-order valence-corrected chi connectivity index (χ0v) is 22.7. The van der Waals surface area contributed by atoms with Crippen LogP contribution in [0.4, 0.5) is 0 Å². The molecule has 0 fully saturated rings. The van der Waals surface area contributed by atoms with Crippen LogP contribution in [0.5, 0.6) is 0 Å². The Morgan fingerprint density at radius 1 is 0.778 bits per heavy atom. The van der Waals surface area contributed by atoms with E-state index >= 15 is 0 Å². The minimum atomic E-state index is -0.941. The average Bonchev–Trinajstić information content (AvgIpc) is 3.16. The number of hydrogen-bond acceptors (Lipinski definition) is 0. The average molecular weight is 420 g/mol. The second-order valence-corrected chi connectivity index (χ2v) is 18.0. The van der Waals surface area contributed by atoms with E-state index in [0.717, 1.165) is 0 Å². The molecule has 2 aliphatic carbocycles. The zero-order chi connectivity index (χ0) is 20.7. The van der Waals surface area contributed by atoms with E-state index in [1.165, 1.54) is 12.8 Å². The molecular weight excluding hydrogens is 378 g/mol. The van der Waals surface area contributed by atoms with Crippen molar-refractivity contribution in [1.29, 1.82) is 0 Å². The van der Waals surface area contributed by atoms with Crippen molar-refractivity contribution in [2.75, 3.05) is 0 Å². The molecule has 0 aromatic rings. The van der Waals surface area contributed by atoms with Gasteiger partial charge in [0.05, 0.1) is 0 Å². The fourth-order valence-corrected chi connectivity index (χ4v) is 10.9. The van der Waals surface area contributed by atoms with Gasteiger partial charge in [-0.2, -0.15) is 0 Å². The van der Waals surface area contributed by atoms with Crippen molar-refractivity contribution in [3.05, 3.63) is 47.6 Å². The Labute approximate surface area is 177 Å². The Balaban J connectivity index is 2.28. The molecule has 0 radical (unpaired) electrons. The summed E-state index contributed by atoms with van der Waals surface area (Å²) in [5.41, 5.74) is 3.79. The summed E-state index contributed by atoms with van der Waals surface area (Å²) in [6, 6.07) is 0. The van der Waals surface area contributed by atoms with E-state index in [0.29, 0.717) is 30.7 Å². The SMILES string of the molecule is CCC(C)(C1=C[C](C)([Zn][C]2(C)C=CC(C(C)(CC)C(C)C)=C2)C=C1)C(C)C. The van der Waals surface area contributed by atoms with Crippen molar-refractivity contribution < 1.29 is 17.1 Å². The van der Waals surface area contributed by atoms with Crippen LogP contribution in [0.1, 0.15) is 82.1 Å². The van der Waals surface area contributed by atoms with E-state index in [2.05, 4.69) is 106 Å². The molecule has 0 nitrogen and oxygen atoms in total. The van der Waals surface area contributed by atoms with Gasteiger partial charge in [-0.25, -0.2) is 0 Å². The van der Waals surface area contributed by atoms with Crippen molar-refractivity contribution in [2.24, 2.45) is 22.7 Å². The van der Waals surface area contributed by atoms with E-state index in [4.69, 9.17) is 0 Å². The number of allylic oxidation sites excluding steroid dienone is 8. The van der Waals surface area contributed by atoms with Gasteiger partial charge in [-0.15, -0.1) is 0 Å². The molecule has 0 saturated carbocycles. The standard InChI is InChI=1S/2C13H21.Zn/c2*1-6-13(5,10(2)3)12-8-7-11(4)9-12;/h2*7-10H,6H2,1-5H3;. The number of rotatable bonds is 8. The van der Waals surface area contributed by atoms with Crippen LogP contribution in [0.3, 0.4) is 0 Å². The van der Waals surface area contributed by atoms with Crippen molar-refractivity contribution in [1.82, 2.24) is 0 Å². The van der Waals surface area contributed by atoms with Crippen molar-refractivity contribution in [2.45, 2.75) is 90.1 Å². The summed E-state index contributed by atoms with van der Waals surface area (Å²) in [6.07, 6.45) is 17.8. The van der Waals surface area contributed by atoms with Crippen LogP contribution in [0, 0.1) is 22.7 Å². The summed E-state index contributed by atoms with van der Waals surface area (Å²) in [4.78, 5) is 0. The predicted molar refractivity (Wildman–Crippen MR) is 118 cm³/mol. The van der Waals surface area contributed by atoms with Crippen LogP contribution in [-0.4, -0.2) is 0 Å². The minimum absolute atomic E-state index is 0.308. The van der Waals surface area contributed by atoms with Crippen molar-refractivity contribution >= 4 is 0 Å². The van der Waals surface area contributed by atoms with Gasteiger partial charge < -0.3 is 0 Å². The Bertz CT molecular complexity index is 618. The summed E-state index contributed by atoms with van der Waals surface area (Å²) in [6.45, 7) is 24.1. The number of hydrogen-bond donors (Lipinski definition) is 0. The topological polar surface area (TPSA) is 0 Å². The summed E-state index contributed by atoms with van der Waals surface area (Å²) >= 11 is -0.941. The third-order valence-corrected chi connectivity index (χ3v) is 13.4. The Morgan fingerprint density at radius 2 is 1.11 bits per heavy atom. The van der Waals surface area contributed by atoms with Crippen LogP contribution in [0.15, 0.2) is 47.6 Å². The quantitative estimate of drug-likeness (QED) is 0.345. The normalized spacial score (nSPS) is 31.7. The summed E-state index contributed by atoms with van der Waals surface area (Å²) in [5.74, 6) is 1.36. The zero-order valence-electron chi connectivity index (χ0n) is 19.7. The van der Waals surface area contributed by atoms with Gasteiger partial charge in [-0.3, -0.25) is 0 Å². The van der Waals surface area contributed by atoms with E-state index < -0.39 is 17.1 Å². The van der Waals surface area contributed by atoms with Gasteiger partial charge in [0.2, 0.25) is 0 Å². The van der Waals surface area contributed by atoms with Gasteiger partial charge >= 0.3 is 177 Å².